The molecule has 0 saturated carbocycles. The van der Waals surface area contributed by atoms with Crippen molar-refractivity contribution >= 4 is 28.3 Å². The van der Waals surface area contributed by atoms with Gasteiger partial charge in [-0.25, -0.2) is 4.98 Å². The fraction of sp³-hybridized carbons (Fsp3) is 0.133. The van der Waals surface area contributed by atoms with Gasteiger partial charge in [-0.05, 0) is 25.1 Å². The van der Waals surface area contributed by atoms with Gasteiger partial charge in [-0.2, -0.15) is 0 Å². The van der Waals surface area contributed by atoms with Gasteiger partial charge in [-0.15, -0.1) is 0 Å². The number of benzene rings is 2. The molecule has 2 N–H and O–H groups in total. The highest BCUT2D eigenvalue weighted by atomic mass is 35.5. The van der Waals surface area contributed by atoms with E-state index in [1.165, 1.54) is 12.1 Å². The Hall–Kier alpha value is -2.80. The van der Waals surface area contributed by atoms with E-state index in [4.69, 9.17) is 16.3 Å². The van der Waals surface area contributed by atoms with E-state index in [2.05, 4.69) is 9.97 Å². The number of nitro groups is 1. The first-order chi connectivity index (χ1) is 11.0. The van der Waals surface area contributed by atoms with Gasteiger partial charge in [0.25, 0.3) is 5.69 Å². The van der Waals surface area contributed by atoms with Crippen molar-refractivity contribution in [1.29, 1.82) is 0 Å². The van der Waals surface area contributed by atoms with Gasteiger partial charge in [-0.1, -0.05) is 11.6 Å². The monoisotopic (exact) mass is 333 g/mol. The molecule has 2 aromatic carbocycles. The number of H-pyrrole nitrogens is 1. The molecular weight excluding hydrogens is 322 g/mol. The zero-order valence-electron chi connectivity index (χ0n) is 12.0. The number of ether oxygens (including phenoxy) is 1. The maximum absolute atomic E-state index is 10.8. The largest absolute Gasteiger partial charge is 0.503 e. The Morgan fingerprint density at radius 2 is 2.17 bits per heavy atom. The molecule has 0 aliphatic rings. The summed E-state index contributed by atoms with van der Waals surface area (Å²) in [7, 11) is 0. The van der Waals surface area contributed by atoms with Gasteiger partial charge in [0, 0.05) is 17.7 Å². The summed E-state index contributed by atoms with van der Waals surface area (Å²) < 4.78 is 5.34. The third-order valence-corrected chi connectivity index (χ3v) is 3.57. The molecule has 0 aliphatic carbocycles. The van der Waals surface area contributed by atoms with Crippen LogP contribution in [-0.2, 0) is 0 Å². The summed E-state index contributed by atoms with van der Waals surface area (Å²) in [6.07, 6.45) is 0. The number of nitrogens with one attached hydrogen (secondary N) is 1. The van der Waals surface area contributed by atoms with E-state index < -0.39 is 4.92 Å². The lowest BCUT2D eigenvalue weighted by atomic mass is 10.2. The Morgan fingerprint density at radius 3 is 2.87 bits per heavy atom. The number of aromatic hydroxyl groups is 1. The maximum atomic E-state index is 10.8. The van der Waals surface area contributed by atoms with E-state index in [0.29, 0.717) is 29.0 Å². The zero-order valence-corrected chi connectivity index (χ0v) is 12.8. The van der Waals surface area contributed by atoms with Crippen LogP contribution in [0, 0.1) is 10.1 Å². The highest BCUT2D eigenvalue weighted by molar-refractivity contribution is 6.32. The smallest absolute Gasteiger partial charge is 0.271 e. The first-order valence-corrected chi connectivity index (χ1v) is 7.17. The summed E-state index contributed by atoms with van der Waals surface area (Å²) in [5.74, 6) is 0.591. The number of nitro benzene ring substituents is 1. The SMILES string of the molecule is CCOc1cc(-c2nc3ccc([N+](=O)[O-])cc3[nH]2)cc(Cl)c1O. The number of hydrogen-bond acceptors (Lipinski definition) is 5. The molecule has 0 radical (unpaired) electrons. The quantitative estimate of drug-likeness (QED) is 0.557. The summed E-state index contributed by atoms with van der Waals surface area (Å²) in [6.45, 7) is 2.17. The van der Waals surface area contributed by atoms with Crippen LogP contribution in [0.3, 0.4) is 0 Å². The number of imidazole rings is 1. The van der Waals surface area contributed by atoms with E-state index in [9.17, 15) is 15.2 Å². The van der Waals surface area contributed by atoms with Crippen LogP contribution in [0.4, 0.5) is 5.69 Å². The molecule has 7 nitrogen and oxygen atoms in total. The fourth-order valence-electron chi connectivity index (χ4n) is 2.22. The third kappa shape index (κ3) is 2.78. The third-order valence-electron chi connectivity index (χ3n) is 3.28. The van der Waals surface area contributed by atoms with Crippen LogP contribution < -0.4 is 4.74 Å². The summed E-state index contributed by atoms with van der Waals surface area (Å²) in [6, 6.07) is 7.53. The second-order valence-electron chi connectivity index (χ2n) is 4.78. The normalized spacial score (nSPS) is 10.9. The number of fused-ring (bicyclic) bond motifs is 1. The van der Waals surface area contributed by atoms with Crippen molar-refractivity contribution in [2.45, 2.75) is 6.92 Å². The predicted molar refractivity (Wildman–Crippen MR) is 86.0 cm³/mol. The lowest BCUT2D eigenvalue weighted by Gasteiger charge is -2.08. The maximum Gasteiger partial charge on any atom is 0.271 e. The molecular formula is C15H12ClN3O4. The number of aromatic amines is 1. The van der Waals surface area contributed by atoms with Crippen LogP contribution in [0.5, 0.6) is 11.5 Å². The zero-order chi connectivity index (χ0) is 16.6. The molecule has 0 saturated heterocycles. The van der Waals surface area contributed by atoms with Gasteiger partial charge in [0.2, 0.25) is 0 Å². The van der Waals surface area contributed by atoms with Gasteiger partial charge in [0.1, 0.15) is 5.82 Å². The van der Waals surface area contributed by atoms with Crippen molar-refractivity contribution in [1.82, 2.24) is 9.97 Å². The molecule has 0 spiro atoms. The standard InChI is InChI=1S/C15H12ClN3O4/c1-2-23-13-6-8(5-10(16)14(13)20)15-17-11-4-3-9(19(21)22)7-12(11)18-15/h3-7,20H,2H2,1H3,(H,17,18). The highest BCUT2D eigenvalue weighted by Crippen LogP contribution is 2.38. The van der Waals surface area contributed by atoms with Crippen LogP contribution in [0.2, 0.25) is 5.02 Å². The molecule has 1 heterocycles. The molecule has 0 unspecified atom stereocenters. The van der Waals surface area contributed by atoms with Gasteiger partial charge < -0.3 is 14.8 Å². The minimum atomic E-state index is -0.468. The Kier molecular flexibility index (Phi) is 3.79. The number of aromatic nitrogens is 2. The number of hydrogen-bond donors (Lipinski definition) is 2. The topological polar surface area (TPSA) is 101 Å². The molecule has 3 rings (SSSR count). The molecule has 0 fully saturated rings. The first kappa shape index (κ1) is 15.1. The average Bonchev–Trinajstić information content (AvgIpc) is 2.94. The first-order valence-electron chi connectivity index (χ1n) is 6.79. The molecule has 23 heavy (non-hydrogen) atoms. The van der Waals surface area contributed by atoms with E-state index >= 15 is 0 Å². The number of phenolic OH excluding ortho intramolecular Hbond substituents is 1. The van der Waals surface area contributed by atoms with Crippen molar-refractivity contribution in [2.75, 3.05) is 6.61 Å². The van der Waals surface area contributed by atoms with Crippen molar-refractivity contribution in [3.05, 3.63) is 45.5 Å². The molecule has 118 valence electrons. The van der Waals surface area contributed by atoms with Crippen LogP contribution in [-0.4, -0.2) is 26.6 Å². The minimum Gasteiger partial charge on any atom is -0.503 e. The average molecular weight is 334 g/mol. The van der Waals surface area contributed by atoms with E-state index in [0.717, 1.165) is 0 Å². The van der Waals surface area contributed by atoms with E-state index in [-0.39, 0.29) is 22.2 Å². The number of non-ortho nitro benzene ring substituents is 1. The lowest BCUT2D eigenvalue weighted by molar-refractivity contribution is -0.384. The number of halogens is 1. The molecule has 8 heteroatoms. The summed E-state index contributed by atoms with van der Waals surface area (Å²) >= 11 is 6.01. The van der Waals surface area contributed by atoms with Gasteiger partial charge in [0.15, 0.2) is 11.5 Å². The molecule has 1 aromatic heterocycles. The van der Waals surface area contributed by atoms with Crippen molar-refractivity contribution in [3.63, 3.8) is 0 Å². The fourth-order valence-corrected chi connectivity index (χ4v) is 2.43. The van der Waals surface area contributed by atoms with Crippen LogP contribution >= 0.6 is 11.6 Å². The summed E-state index contributed by atoms with van der Waals surface area (Å²) in [5, 5.41) is 20.8. The summed E-state index contributed by atoms with van der Waals surface area (Å²) in [5.41, 5.74) is 1.71. The van der Waals surface area contributed by atoms with Crippen LogP contribution in [0.15, 0.2) is 30.3 Å². The number of nitrogens with zero attached hydrogens (tertiary/aromatic N) is 2. The van der Waals surface area contributed by atoms with Crippen molar-refractivity contribution in [2.24, 2.45) is 0 Å². The highest BCUT2D eigenvalue weighted by Gasteiger charge is 2.15. The molecule has 0 atom stereocenters. The van der Waals surface area contributed by atoms with Gasteiger partial charge >= 0.3 is 0 Å². The molecule has 3 aromatic rings. The van der Waals surface area contributed by atoms with Crippen molar-refractivity contribution in [3.8, 4) is 22.9 Å². The van der Waals surface area contributed by atoms with E-state index in [1.54, 1.807) is 25.1 Å². The lowest BCUT2D eigenvalue weighted by Crippen LogP contribution is -1.93. The Balaban J connectivity index is 2.11. The molecule has 0 bridgehead atoms. The van der Waals surface area contributed by atoms with Gasteiger partial charge in [0.05, 0.1) is 27.6 Å². The van der Waals surface area contributed by atoms with Crippen LogP contribution in [0.25, 0.3) is 22.4 Å². The van der Waals surface area contributed by atoms with Crippen LogP contribution in [0.1, 0.15) is 6.92 Å². The predicted octanol–water partition coefficient (Wildman–Crippen LogP) is 3.90. The Morgan fingerprint density at radius 1 is 1.39 bits per heavy atom. The Bertz CT molecular complexity index is 907. The molecule has 0 amide bonds. The second kappa shape index (κ2) is 5.77. The second-order valence-corrected chi connectivity index (χ2v) is 5.19. The number of phenols is 1. The number of rotatable bonds is 4. The van der Waals surface area contributed by atoms with Crippen molar-refractivity contribution < 1.29 is 14.8 Å². The summed E-state index contributed by atoms with van der Waals surface area (Å²) in [4.78, 5) is 17.8. The Labute approximate surface area is 135 Å². The van der Waals surface area contributed by atoms with E-state index in [1.807, 2.05) is 0 Å². The van der Waals surface area contributed by atoms with Gasteiger partial charge in [-0.3, -0.25) is 10.1 Å². The minimum absolute atomic E-state index is 0.0218. The molecule has 0 aliphatic heterocycles.